The van der Waals surface area contributed by atoms with Crippen LogP contribution in [0.5, 0.6) is 0 Å². The van der Waals surface area contributed by atoms with Crippen LogP contribution in [0.2, 0.25) is 0 Å². The van der Waals surface area contributed by atoms with Gasteiger partial charge in [-0.15, -0.1) is 11.3 Å². The lowest BCUT2D eigenvalue weighted by atomic mass is 10.0. The largest absolute Gasteiger partial charge is 0.324 e. The van der Waals surface area contributed by atoms with Gasteiger partial charge in [-0.05, 0) is 47.5 Å². The fraction of sp³-hybridized carbons (Fsp3) is 0.227. The highest BCUT2D eigenvalue weighted by Gasteiger charge is 2.30. The van der Waals surface area contributed by atoms with Gasteiger partial charge in [-0.2, -0.15) is 0 Å². The van der Waals surface area contributed by atoms with Crippen molar-refractivity contribution in [1.29, 1.82) is 0 Å². The number of halogens is 1. The second-order valence-corrected chi connectivity index (χ2v) is 9.64. The molecule has 0 atom stereocenters. The van der Waals surface area contributed by atoms with Gasteiger partial charge in [0.2, 0.25) is 5.91 Å². The Hall–Kier alpha value is -2.71. The Kier molecular flexibility index (Phi) is 6.89. The predicted molar refractivity (Wildman–Crippen MR) is 119 cm³/mol. The number of para-hydroxylation sites is 2. The number of benzene rings is 2. The number of rotatable bonds is 8. The molecule has 0 spiro atoms. The number of aryl methyl sites for hydroxylation is 2. The van der Waals surface area contributed by atoms with Gasteiger partial charge in [0.15, 0.2) is 0 Å². The molecule has 2 aromatic carbocycles. The molecular weight excluding hydrogens is 423 g/mol. The number of nitrogens with zero attached hydrogens (tertiary/aromatic N) is 1. The minimum atomic E-state index is -4.10. The first-order chi connectivity index (χ1) is 14.4. The second-order valence-electron chi connectivity index (χ2n) is 6.60. The summed E-state index contributed by atoms with van der Waals surface area (Å²) in [5.41, 5.74) is 2.44. The maximum atomic E-state index is 14.5. The Morgan fingerprint density at radius 2 is 1.67 bits per heavy atom. The zero-order chi connectivity index (χ0) is 21.7. The van der Waals surface area contributed by atoms with E-state index in [-0.39, 0.29) is 9.90 Å². The number of carbonyl (C=O) groups excluding carboxylic acids is 1. The molecule has 0 saturated carbocycles. The first-order valence-corrected chi connectivity index (χ1v) is 11.9. The highest BCUT2D eigenvalue weighted by Crippen LogP contribution is 2.29. The number of sulfonamides is 1. The van der Waals surface area contributed by atoms with Crippen LogP contribution in [0.1, 0.15) is 25.0 Å². The van der Waals surface area contributed by atoms with Crippen molar-refractivity contribution in [3.8, 4) is 0 Å². The molecule has 8 heteroatoms. The fourth-order valence-electron chi connectivity index (χ4n) is 3.18. The molecule has 0 unspecified atom stereocenters. The molecule has 0 fully saturated rings. The lowest BCUT2D eigenvalue weighted by Gasteiger charge is -2.24. The summed E-state index contributed by atoms with van der Waals surface area (Å²) in [5, 5.41) is 4.48. The van der Waals surface area contributed by atoms with E-state index < -0.39 is 28.3 Å². The van der Waals surface area contributed by atoms with Gasteiger partial charge < -0.3 is 5.32 Å². The molecule has 3 aromatic rings. The zero-order valence-corrected chi connectivity index (χ0v) is 18.4. The summed E-state index contributed by atoms with van der Waals surface area (Å²) < 4.78 is 41.7. The minimum Gasteiger partial charge on any atom is -0.324 e. The Labute approximate surface area is 180 Å². The Bertz CT molecular complexity index is 1110. The van der Waals surface area contributed by atoms with E-state index in [1.165, 1.54) is 30.3 Å². The van der Waals surface area contributed by atoms with Gasteiger partial charge in [0.1, 0.15) is 16.6 Å². The number of hydrogen-bond acceptors (Lipinski definition) is 4. The smallest absolute Gasteiger partial charge is 0.274 e. The van der Waals surface area contributed by atoms with Crippen molar-refractivity contribution >= 4 is 38.6 Å². The van der Waals surface area contributed by atoms with Crippen molar-refractivity contribution < 1.29 is 17.6 Å². The van der Waals surface area contributed by atoms with Gasteiger partial charge in [-0.1, -0.05) is 50.2 Å². The summed E-state index contributed by atoms with van der Waals surface area (Å²) in [6, 6.07) is 14.3. The third kappa shape index (κ3) is 4.55. The van der Waals surface area contributed by atoms with E-state index in [9.17, 15) is 17.6 Å². The van der Waals surface area contributed by atoms with Crippen LogP contribution in [0.15, 0.2) is 64.2 Å². The second kappa shape index (κ2) is 9.40. The van der Waals surface area contributed by atoms with Crippen molar-refractivity contribution in [3.05, 3.63) is 76.9 Å². The van der Waals surface area contributed by atoms with Gasteiger partial charge in [0.25, 0.3) is 10.0 Å². The van der Waals surface area contributed by atoms with Crippen molar-refractivity contribution in [1.82, 2.24) is 0 Å². The Morgan fingerprint density at radius 1 is 1.00 bits per heavy atom. The van der Waals surface area contributed by atoms with Crippen molar-refractivity contribution in [2.45, 2.75) is 30.9 Å². The standard InChI is InChI=1S/C22H23FN2O3S2/c1-3-16-9-7-10-17(4-2)22(16)24-20(26)15-25(19-12-6-5-11-18(19)23)30(27,28)21-13-8-14-29-21/h5-14H,3-4,15H2,1-2H3,(H,24,26). The number of nitrogens with one attached hydrogen (secondary N) is 1. The van der Waals surface area contributed by atoms with Crippen LogP contribution in [0.25, 0.3) is 0 Å². The number of thiophene rings is 1. The number of hydrogen-bond donors (Lipinski definition) is 1. The van der Waals surface area contributed by atoms with Crippen LogP contribution < -0.4 is 9.62 Å². The van der Waals surface area contributed by atoms with Gasteiger partial charge >= 0.3 is 0 Å². The number of amides is 1. The lowest BCUT2D eigenvalue weighted by molar-refractivity contribution is -0.114. The quantitative estimate of drug-likeness (QED) is 0.538. The van der Waals surface area contributed by atoms with E-state index in [1.54, 1.807) is 11.4 Å². The molecule has 158 valence electrons. The molecule has 30 heavy (non-hydrogen) atoms. The van der Waals surface area contributed by atoms with E-state index in [2.05, 4.69) is 5.32 Å². The predicted octanol–water partition coefficient (Wildman–Crippen LogP) is 4.85. The summed E-state index contributed by atoms with van der Waals surface area (Å²) in [4.78, 5) is 12.9. The first kappa shape index (κ1) is 22.0. The van der Waals surface area contributed by atoms with Crippen molar-refractivity contribution in [2.24, 2.45) is 0 Å². The molecule has 0 radical (unpaired) electrons. The van der Waals surface area contributed by atoms with Crippen molar-refractivity contribution in [2.75, 3.05) is 16.2 Å². The normalized spacial score (nSPS) is 11.3. The molecule has 0 aliphatic carbocycles. The molecule has 3 rings (SSSR count). The fourth-order valence-corrected chi connectivity index (χ4v) is 5.72. The van der Waals surface area contributed by atoms with Crippen LogP contribution in [-0.4, -0.2) is 20.9 Å². The molecule has 0 aliphatic rings. The highest BCUT2D eigenvalue weighted by atomic mass is 32.2. The van der Waals surface area contributed by atoms with E-state index in [0.29, 0.717) is 18.5 Å². The highest BCUT2D eigenvalue weighted by molar-refractivity contribution is 7.94. The van der Waals surface area contributed by atoms with Gasteiger partial charge in [-0.3, -0.25) is 9.10 Å². The Balaban J connectivity index is 1.97. The molecule has 1 heterocycles. The van der Waals surface area contributed by atoms with Crippen LogP contribution in [0.3, 0.4) is 0 Å². The monoisotopic (exact) mass is 446 g/mol. The molecule has 5 nitrogen and oxygen atoms in total. The maximum Gasteiger partial charge on any atom is 0.274 e. The summed E-state index contributed by atoms with van der Waals surface area (Å²) in [5.74, 6) is -1.25. The maximum absolute atomic E-state index is 14.5. The minimum absolute atomic E-state index is 0.0433. The van der Waals surface area contributed by atoms with Gasteiger partial charge in [-0.25, -0.2) is 12.8 Å². The van der Waals surface area contributed by atoms with E-state index in [4.69, 9.17) is 0 Å². The van der Waals surface area contributed by atoms with Crippen molar-refractivity contribution in [3.63, 3.8) is 0 Å². The summed E-state index contributed by atoms with van der Waals surface area (Å²) in [6.07, 6.45) is 1.43. The number of carbonyl (C=O) groups is 1. The number of anilines is 2. The van der Waals surface area contributed by atoms with Crippen LogP contribution in [-0.2, 0) is 27.7 Å². The van der Waals surface area contributed by atoms with Crippen LogP contribution in [0, 0.1) is 5.82 Å². The van der Waals surface area contributed by atoms with Crippen LogP contribution in [0.4, 0.5) is 15.8 Å². The van der Waals surface area contributed by atoms with E-state index in [1.807, 2.05) is 32.0 Å². The van der Waals surface area contributed by atoms with E-state index >= 15 is 0 Å². The average molecular weight is 447 g/mol. The molecule has 1 N–H and O–H groups in total. The molecule has 0 saturated heterocycles. The molecule has 0 bridgehead atoms. The average Bonchev–Trinajstić information content (AvgIpc) is 3.28. The molecule has 1 amide bonds. The topological polar surface area (TPSA) is 66.5 Å². The van der Waals surface area contributed by atoms with Crippen LogP contribution >= 0.6 is 11.3 Å². The molecular formula is C22H23FN2O3S2. The lowest BCUT2D eigenvalue weighted by Crippen LogP contribution is -2.38. The molecule has 1 aromatic heterocycles. The van der Waals surface area contributed by atoms with Gasteiger partial charge in [0.05, 0.1) is 5.69 Å². The third-order valence-corrected chi connectivity index (χ3v) is 7.84. The zero-order valence-electron chi connectivity index (χ0n) is 16.8. The third-order valence-electron chi connectivity index (χ3n) is 4.71. The van der Waals surface area contributed by atoms with E-state index in [0.717, 1.165) is 26.8 Å². The summed E-state index contributed by atoms with van der Waals surface area (Å²) >= 11 is 1.02. The Morgan fingerprint density at radius 3 is 2.23 bits per heavy atom. The van der Waals surface area contributed by atoms with Gasteiger partial charge in [0, 0.05) is 5.69 Å². The first-order valence-electron chi connectivity index (χ1n) is 9.59. The molecule has 0 aliphatic heterocycles. The SMILES string of the molecule is CCc1cccc(CC)c1NC(=O)CN(c1ccccc1F)S(=O)(=O)c1cccs1. The summed E-state index contributed by atoms with van der Waals surface area (Å²) in [6.45, 7) is 3.43. The summed E-state index contributed by atoms with van der Waals surface area (Å²) in [7, 11) is -4.10.